The van der Waals surface area contributed by atoms with Crippen molar-refractivity contribution < 1.29 is 9.59 Å². The van der Waals surface area contributed by atoms with Gasteiger partial charge in [0.2, 0.25) is 5.91 Å². The van der Waals surface area contributed by atoms with Crippen LogP contribution in [-0.4, -0.2) is 21.4 Å². The van der Waals surface area contributed by atoms with Gasteiger partial charge in [0, 0.05) is 11.4 Å². The van der Waals surface area contributed by atoms with Crippen molar-refractivity contribution >= 4 is 44.7 Å². The number of hydrogen-bond acceptors (Lipinski definition) is 5. The Morgan fingerprint density at radius 1 is 0.971 bits per heavy atom. The Hall–Kier alpha value is -3.78. The highest BCUT2D eigenvalue weighted by atomic mass is 32.1. The molecule has 4 rings (SSSR count). The Labute approximate surface area is 207 Å². The highest BCUT2D eigenvalue weighted by molar-refractivity contribution is 7.20. The number of carbonyl (C=O) groups excluding carboxylic acids is 2. The van der Waals surface area contributed by atoms with Gasteiger partial charge in [0.15, 0.2) is 0 Å². The summed E-state index contributed by atoms with van der Waals surface area (Å²) in [4.78, 5) is 44.4. The molecule has 2 aromatic carbocycles. The molecule has 0 aliphatic heterocycles. The Balaban J connectivity index is 1.60. The second-order valence-electron chi connectivity index (χ2n) is 8.39. The summed E-state index contributed by atoms with van der Waals surface area (Å²) in [6.07, 6.45) is 2.95. The van der Waals surface area contributed by atoms with Crippen LogP contribution in [0.15, 0.2) is 53.6 Å². The number of fused-ring (bicyclic) bond motifs is 1. The molecule has 8 heteroatoms. The van der Waals surface area contributed by atoms with Gasteiger partial charge in [-0.2, -0.15) is 0 Å². The van der Waals surface area contributed by atoms with E-state index in [0.717, 1.165) is 40.9 Å². The SMILES string of the molecule is CCc1cccc(CC)c1NC(=O)Cn1cnc2sc(C(=O)Nc3ccccc3C)c(C)c2c1=O. The standard InChI is InChI=1S/C27H28N4O3S/c1-5-18-11-9-12-19(6-2)23(18)30-21(32)14-31-15-28-26-22(27(31)34)17(4)24(35-26)25(33)29-20-13-8-7-10-16(20)3/h7-13,15H,5-6,14H2,1-4H3,(H,29,33)(H,30,32). The molecule has 0 unspecified atom stereocenters. The predicted molar refractivity (Wildman–Crippen MR) is 142 cm³/mol. The van der Waals surface area contributed by atoms with Crippen LogP contribution in [0.2, 0.25) is 0 Å². The van der Waals surface area contributed by atoms with Gasteiger partial charge in [-0.1, -0.05) is 50.2 Å². The minimum absolute atomic E-state index is 0.164. The molecule has 0 atom stereocenters. The molecular weight excluding hydrogens is 460 g/mol. The molecule has 0 radical (unpaired) electrons. The van der Waals surface area contributed by atoms with Crippen molar-refractivity contribution in [2.45, 2.75) is 47.1 Å². The Morgan fingerprint density at radius 2 is 1.66 bits per heavy atom. The third kappa shape index (κ3) is 4.88. The monoisotopic (exact) mass is 488 g/mol. The van der Waals surface area contributed by atoms with E-state index in [1.165, 1.54) is 22.2 Å². The number of aryl methyl sites for hydroxylation is 4. The largest absolute Gasteiger partial charge is 0.324 e. The third-order valence-corrected chi connectivity index (χ3v) is 7.29. The summed E-state index contributed by atoms with van der Waals surface area (Å²) in [6.45, 7) is 7.58. The minimum atomic E-state index is -0.340. The number of amides is 2. The minimum Gasteiger partial charge on any atom is -0.324 e. The molecule has 0 bridgehead atoms. The Morgan fingerprint density at radius 3 is 2.31 bits per heavy atom. The maximum absolute atomic E-state index is 13.2. The van der Waals surface area contributed by atoms with Gasteiger partial charge in [-0.3, -0.25) is 19.0 Å². The van der Waals surface area contributed by atoms with Gasteiger partial charge >= 0.3 is 0 Å². The van der Waals surface area contributed by atoms with Gasteiger partial charge in [-0.15, -0.1) is 11.3 Å². The maximum Gasteiger partial charge on any atom is 0.266 e. The number of aromatic nitrogens is 2. The number of para-hydroxylation sites is 2. The lowest BCUT2D eigenvalue weighted by molar-refractivity contribution is -0.116. The van der Waals surface area contributed by atoms with E-state index in [2.05, 4.69) is 15.6 Å². The summed E-state index contributed by atoms with van der Waals surface area (Å²) in [5.74, 6) is -0.582. The third-order valence-electron chi connectivity index (χ3n) is 6.09. The summed E-state index contributed by atoms with van der Waals surface area (Å²) in [5.41, 5.74) is 4.80. The molecule has 0 spiro atoms. The second kappa shape index (κ2) is 10.2. The average molecular weight is 489 g/mol. The quantitative estimate of drug-likeness (QED) is 0.379. The summed E-state index contributed by atoms with van der Waals surface area (Å²) in [6, 6.07) is 13.5. The number of nitrogens with zero attached hydrogens (tertiary/aromatic N) is 2. The van der Waals surface area contributed by atoms with Crippen LogP contribution < -0.4 is 16.2 Å². The fourth-order valence-electron chi connectivity index (χ4n) is 4.12. The van der Waals surface area contributed by atoms with Crippen molar-refractivity contribution in [2.75, 3.05) is 10.6 Å². The van der Waals surface area contributed by atoms with Crippen LogP contribution in [0.4, 0.5) is 11.4 Å². The first-order chi connectivity index (χ1) is 16.8. The van der Waals surface area contributed by atoms with E-state index in [9.17, 15) is 14.4 Å². The molecule has 2 aromatic heterocycles. The lowest BCUT2D eigenvalue weighted by Crippen LogP contribution is -2.28. The number of nitrogens with one attached hydrogen (secondary N) is 2. The Bertz CT molecular complexity index is 1460. The molecule has 2 amide bonds. The fraction of sp³-hybridized carbons (Fsp3) is 0.259. The van der Waals surface area contributed by atoms with Gasteiger partial charge < -0.3 is 10.6 Å². The first-order valence-electron chi connectivity index (χ1n) is 11.6. The van der Waals surface area contributed by atoms with Crippen LogP contribution in [0.25, 0.3) is 10.2 Å². The van der Waals surface area contributed by atoms with Crippen molar-refractivity contribution in [3.8, 4) is 0 Å². The van der Waals surface area contributed by atoms with Gasteiger partial charge in [0.05, 0.1) is 16.6 Å². The van der Waals surface area contributed by atoms with E-state index >= 15 is 0 Å². The fourth-order valence-corrected chi connectivity index (χ4v) is 5.15. The van der Waals surface area contributed by atoms with Gasteiger partial charge in [0.1, 0.15) is 11.4 Å². The topological polar surface area (TPSA) is 93.1 Å². The second-order valence-corrected chi connectivity index (χ2v) is 9.39. The lowest BCUT2D eigenvalue weighted by atomic mass is 10.0. The summed E-state index contributed by atoms with van der Waals surface area (Å²) < 4.78 is 1.29. The number of benzene rings is 2. The van der Waals surface area contributed by atoms with E-state index in [4.69, 9.17) is 0 Å². The highest BCUT2D eigenvalue weighted by Gasteiger charge is 2.21. The van der Waals surface area contributed by atoms with Crippen molar-refractivity contribution in [3.05, 3.63) is 86.3 Å². The highest BCUT2D eigenvalue weighted by Crippen LogP contribution is 2.28. The molecule has 2 heterocycles. The normalized spacial score (nSPS) is 11.0. The van der Waals surface area contributed by atoms with E-state index < -0.39 is 0 Å². The first-order valence-corrected chi connectivity index (χ1v) is 12.4. The lowest BCUT2D eigenvalue weighted by Gasteiger charge is -2.15. The molecule has 7 nitrogen and oxygen atoms in total. The number of hydrogen-bond donors (Lipinski definition) is 2. The number of anilines is 2. The molecule has 0 saturated heterocycles. The zero-order valence-electron chi connectivity index (χ0n) is 20.3. The zero-order chi connectivity index (χ0) is 25.1. The number of rotatable bonds is 7. The molecule has 0 fully saturated rings. The zero-order valence-corrected chi connectivity index (χ0v) is 21.1. The molecule has 0 aliphatic rings. The predicted octanol–water partition coefficient (Wildman–Crippen LogP) is 5.09. The molecule has 2 N–H and O–H groups in total. The van der Waals surface area contributed by atoms with Crippen molar-refractivity contribution in [1.82, 2.24) is 9.55 Å². The molecule has 180 valence electrons. The van der Waals surface area contributed by atoms with Gasteiger partial charge in [-0.05, 0) is 55.0 Å². The first kappa shape index (κ1) is 24.3. The Kier molecular flexibility index (Phi) is 7.12. The molecule has 4 aromatic rings. The van der Waals surface area contributed by atoms with E-state index in [-0.39, 0.29) is 23.9 Å². The van der Waals surface area contributed by atoms with Crippen LogP contribution in [0.3, 0.4) is 0 Å². The van der Waals surface area contributed by atoms with Crippen molar-refractivity contribution in [3.63, 3.8) is 0 Å². The van der Waals surface area contributed by atoms with Gasteiger partial charge in [0.25, 0.3) is 11.5 Å². The van der Waals surface area contributed by atoms with E-state index in [1.807, 2.05) is 63.2 Å². The van der Waals surface area contributed by atoms with Crippen LogP contribution >= 0.6 is 11.3 Å². The van der Waals surface area contributed by atoms with Crippen LogP contribution in [0.1, 0.15) is 45.8 Å². The van der Waals surface area contributed by atoms with Crippen LogP contribution in [0, 0.1) is 13.8 Å². The van der Waals surface area contributed by atoms with Crippen molar-refractivity contribution in [2.24, 2.45) is 0 Å². The van der Waals surface area contributed by atoms with Gasteiger partial charge in [-0.25, -0.2) is 4.98 Å². The summed E-state index contributed by atoms with van der Waals surface area (Å²) in [5, 5.41) is 6.27. The summed E-state index contributed by atoms with van der Waals surface area (Å²) in [7, 11) is 0. The number of thiophene rings is 1. The van der Waals surface area contributed by atoms with Crippen LogP contribution in [0.5, 0.6) is 0 Å². The smallest absolute Gasteiger partial charge is 0.266 e. The van der Waals surface area contributed by atoms with Crippen LogP contribution in [-0.2, 0) is 24.2 Å². The van der Waals surface area contributed by atoms with E-state index in [0.29, 0.717) is 20.7 Å². The van der Waals surface area contributed by atoms with E-state index in [1.54, 1.807) is 6.92 Å². The van der Waals surface area contributed by atoms with Crippen molar-refractivity contribution in [1.29, 1.82) is 0 Å². The molecule has 35 heavy (non-hydrogen) atoms. The molecule has 0 aliphatic carbocycles. The average Bonchev–Trinajstić information content (AvgIpc) is 3.19. The molecule has 0 saturated carbocycles. The number of carbonyl (C=O) groups is 2. The molecular formula is C27H28N4O3S. The maximum atomic E-state index is 13.2. The summed E-state index contributed by atoms with van der Waals surface area (Å²) >= 11 is 1.17.